The van der Waals surface area contributed by atoms with Crippen LogP contribution in [0.3, 0.4) is 0 Å². The summed E-state index contributed by atoms with van der Waals surface area (Å²) in [6.07, 6.45) is 23.3. The first kappa shape index (κ1) is 27.9. The first-order valence-electron chi connectivity index (χ1n) is 15.4. The van der Waals surface area contributed by atoms with Crippen LogP contribution >= 0.6 is 0 Å². The second-order valence-corrected chi connectivity index (χ2v) is 13.9. The van der Waals surface area contributed by atoms with Crippen molar-refractivity contribution in [2.75, 3.05) is 21.3 Å². The van der Waals surface area contributed by atoms with Crippen LogP contribution in [0.4, 0.5) is 0 Å². The zero-order valence-electron chi connectivity index (χ0n) is 24.2. The Morgan fingerprint density at radius 3 is 0.886 bits per heavy atom. The Kier molecular flexibility index (Phi) is 9.70. The molecular weight excluding hydrogens is 432 g/mol. The van der Waals surface area contributed by atoms with Crippen molar-refractivity contribution >= 4 is 0 Å². The van der Waals surface area contributed by atoms with Gasteiger partial charge in [0.2, 0.25) is 0 Å². The van der Waals surface area contributed by atoms with Gasteiger partial charge in [0.25, 0.3) is 0 Å². The molecule has 4 fully saturated rings. The van der Waals surface area contributed by atoms with Gasteiger partial charge in [0.05, 0.1) is 18.3 Å². The van der Waals surface area contributed by atoms with Gasteiger partial charge in [-0.15, -0.1) is 0 Å². The third kappa shape index (κ3) is 5.98. The van der Waals surface area contributed by atoms with Crippen molar-refractivity contribution in [3.05, 3.63) is 0 Å². The predicted molar refractivity (Wildman–Crippen MR) is 146 cm³/mol. The molecule has 35 heavy (non-hydrogen) atoms. The summed E-state index contributed by atoms with van der Waals surface area (Å²) in [4.78, 5) is 0. The van der Waals surface area contributed by atoms with E-state index in [4.69, 9.17) is 14.2 Å². The minimum Gasteiger partial charge on any atom is -0.381 e. The highest BCUT2D eigenvalue weighted by Crippen LogP contribution is 2.59. The van der Waals surface area contributed by atoms with E-state index in [1.807, 2.05) is 21.3 Å². The minimum absolute atomic E-state index is 0.479. The Labute approximate surface area is 217 Å². The molecule has 0 aromatic rings. The second kappa shape index (κ2) is 12.2. The minimum atomic E-state index is 0.479. The van der Waals surface area contributed by atoms with Gasteiger partial charge in [-0.25, -0.2) is 0 Å². The topological polar surface area (TPSA) is 27.7 Å². The van der Waals surface area contributed by atoms with E-state index in [0.29, 0.717) is 29.1 Å². The molecule has 0 N–H and O–H groups in total. The molecule has 0 amide bonds. The fourth-order valence-electron chi connectivity index (χ4n) is 9.68. The van der Waals surface area contributed by atoms with Gasteiger partial charge in [-0.05, 0) is 143 Å². The summed E-state index contributed by atoms with van der Waals surface area (Å²) in [6, 6.07) is 0. The highest BCUT2D eigenvalue weighted by Gasteiger charge is 2.50. The number of methoxy groups -OCH3 is 3. The molecule has 4 saturated carbocycles. The molecule has 0 atom stereocenters. The van der Waals surface area contributed by atoms with Gasteiger partial charge in [0.1, 0.15) is 0 Å². The van der Waals surface area contributed by atoms with E-state index < -0.39 is 0 Å². The average molecular weight is 491 g/mol. The van der Waals surface area contributed by atoms with Crippen LogP contribution in [-0.2, 0) is 14.2 Å². The number of ether oxygens (including phenoxy) is 3. The van der Waals surface area contributed by atoms with Crippen LogP contribution in [0.5, 0.6) is 0 Å². The van der Waals surface area contributed by atoms with Crippen molar-refractivity contribution in [1.29, 1.82) is 0 Å². The molecule has 4 aliphatic carbocycles. The van der Waals surface area contributed by atoms with E-state index in [1.54, 1.807) is 0 Å². The lowest BCUT2D eigenvalue weighted by Gasteiger charge is -2.55. The predicted octanol–water partition coefficient (Wildman–Crippen LogP) is 8.44. The van der Waals surface area contributed by atoms with Gasteiger partial charge in [-0.2, -0.15) is 0 Å². The molecular formula is C32H58O3. The van der Waals surface area contributed by atoms with Crippen molar-refractivity contribution in [3.63, 3.8) is 0 Å². The van der Waals surface area contributed by atoms with Crippen LogP contribution in [0.15, 0.2) is 0 Å². The second-order valence-electron chi connectivity index (χ2n) is 13.9. The Balaban J connectivity index is 1.42. The van der Waals surface area contributed by atoms with Crippen LogP contribution in [0, 0.1) is 40.4 Å². The van der Waals surface area contributed by atoms with Gasteiger partial charge in [0, 0.05) is 21.3 Å². The zero-order chi connectivity index (χ0) is 25.1. The summed E-state index contributed by atoms with van der Waals surface area (Å²) in [5, 5.41) is 0. The molecule has 0 aromatic carbocycles. The van der Waals surface area contributed by atoms with E-state index in [0.717, 1.165) is 29.6 Å². The molecule has 0 heterocycles. The third-order valence-electron chi connectivity index (χ3n) is 12.5. The molecule has 0 bridgehead atoms. The van der Waals surface area contributed by atoms with Gasteiger partial charge in [-0.3, -0.25) is 0 Å². The van der Waals surface area contributed by atoms with Gasteiger partial charge in [0.15, 0.2) is 0 Å². The fourth-order valence-corrected chi connectivity index (χ4v) is 9.68. The van der Waals surface area contributed by atoms with Crippen LogP contribution in [0.1, 0.15) is 124 Å². The number of rotatable bonds is 8. The first-order chi connectivity index (χ1) is 16.8. The number of hydrogen-bond donors (Lipinski definition) is 0. The zero-order valence-corrected chi connectivity index (χ0v) is 24.2. The molecule has 4 rings (SSSR count). The highest BCUT2D eigenvalue weighted by molar-refractivity contribution is 5.00. The van der Waals surface area contributed by atoms with Crippen molar-refractivity contribution in [1.82, 2.24) is 0 Å². The van der Waals surface area contributed by atoms with Gasteiger partial charge >= 0.3 is 0 Å². The van der Waals surface area contributed by atoms with Crippen LogP contribution in [-0.4, -0.2) is 39.6 Å². The molecule has 3 heteroatoms. The SMILES string of the molecule is COC1CCC(C(C)(C)C2CCC(C(C)(C3CCC(OC)CC3)C3CCC(OC)CC3)CC2)CC1. The van der Waals surface area contributed by atoms with Crippen LogP contribution < -0.4 is 0 Å². The van der Waals surface area contributed by atoms with E-state index in [9.17, 15) is 0 Å². The monoisotopic (exact) mass is 490 g/mol. The van der Waals surface area contributed by atoms with E-state index in [1.165, 1.54) is 103 Å². The molecule has 4 aliphatic rings. The smallest absolute Gasteiger partial charge is 0.0571 e. The standard InChI is InChI=1S/C32H58O3/c1-31(2,24-11-17-28(33-4)18-12-24)23-7-9-25(10-8-23)32(3,26-13-19-29(34-5)20-14-26)27-15-21-30(35-6)22-16-27/h23-30H,7-22H2,1-6H3. The van der Waals surface area contributed by atoms with Crippen molar-refractivity contribution in [3.8, 4) is 0 Å². The molecule has 0 aliphatic heterocycles. The summed E-state index contributed by atoms with van der Waals surface area (Å²) < 4.78 is 17.2. The average Bonchev–Trinajstić information content (AvgIpc) is 2.92. The molecule has 204 valence electrons. The Hall–Kier alpha value is -0.120. The Morgan fingerprint density at radius 1 is 0.371 bits per heavy atom. The lowest BCUT2D eigenvalue weighted by atomic mass is 9.50. The lowest BCUT2D eigenvalue weighted by Crippen LogP contribution is -2.48. The lowest BCUT2D eigenvalue weighted by molar-refractivity contribution is -0.0781. The van der Waals surface area contributed by atoms with Crippen LogP contribution in [0.2, 0.25) is 0 Å². The van der Waals surface area contributed by atoms with Crippen molar-refractivity contribution in [2.24, 2.45) is 40.4 Å². The summed E-state index contributed by atoms with van der Waals surface area (Å²) in [7, 11) is 5.74. The maximum atomic E-state index is 5.77. The summed E-state index contributed by atoms with van der Waals surface area (Å²) >= 11 is 0. The van der Waals surface area contributed by atoms with E-state index in [2.05, 4.69) is 20.8 Å². The molecule has 3 nitrogen and oxygen atoms in total. The van der Waals surface area contributed by atoms with E-state index >= 15 is 0 Å². The Morgan fingerprint density at radius 2 is 0.600 bits per heavy atom. The largest absolute Gasteiger partial charge is 0.381 e. The van der Waals surface area contributed by atoms with Gasteiger partial charge < -0.3 is 14.2 Å². The van der Waals surface area contributed by atoms with E-state index in [-0.39, 0.29) is 0 Å². The fraction of sp³-hybridized carbons (Fsp3) is 1.00. The number of hydrogen-bond acceptors (Lipinski definition) is 3. The molecule has 0 aromatic heterocycles. The molecule has 0 saturated heterocycles. The summed E-state index contributed by atoms with van der Waals surface area (Å²) in [5.74, 6) is 4.47. The normalized spacial score (nSPS) is 41.3. The third-order valence-corrected chi connectivity index (χ3v) is 12.5. The van der Waals surface area contributed by atoms with Crippen LogP contribution in [0.25, 0.3) is 0 Å². The highest BCUT2D eigenvalue weighted by atomic mass is 16.5. The maximum Gasteiger partial charge on any atom is 0.0571 e. The first-order valence-corrected chi connectivity index (χ1v) is 15.4. The molecule has 0 radical (unpaired) electrons. The molecule has 0 spiro atoms. The van der Waals surface area contributed by atoms with Gasteiger partial charge in [-0.1, -0.05) is 20.8 Å². The van der Waals surface area contributed by atoms with Crippen molar-refractivity contribution < 1.29 is 14.2 Å². The Bertz CT molecular complexity index is 589. The quantitative estimate of drug-likeness (QED) is 0.341. The van der Waals surface area contributed by atoms with Crippen molar-refractivity contribution in [2.45, 2.75) is 142 Å². The summed E-state index contributed by atoms with van der Waals surface area (Å²) in [5.41, 5.74) is 0.982. The molecule has 0 unspecified atom stereocenters. The summed E-state index contributed by atoms with van der Waals surface area (Å²) in [6.45, 7) is 7.99. The maximum absolute atomic E-state index is 5.77.